The fraction of sp³-hybridized carbons (Fsp3) is 0.444. The Morgan fingerprint density at radius 3 is 2.45 bits per heavy atom. The van der Waals surface area contributed by atoms with Crippen molar-refractivity contribution in [1.29, 1.82) is 0 Å². The fourth-order valence-corrected chi connectivity index (χ4v) is 0.721. The van der Waals surface area contributed by atoms with Crippen LogP contribution in [-0.4, -0.2) is 10.6 Å². The summed E-state index contributed by atoms with van der Waals surface area (Å²) >= 11 is 0. The quantitative estimate of drug-likeness (QED) is 0.614. The summed E-state index contributed by atoms with van der Waals surface area (Å²) in [6.07, 6.45) is 1.72. The molecule has 0 fully saturated rings. The fourth-order valence-electron chi connectivity index (χ4n) is 0.721. The van der Waals surface area contributed by atoms with Gasteiger partial charge in [-0.3, -0.25) is 0 Å². The van der Waals surface area contributed by atoms with E-state index >= 15 is 0 Å². The lowest BCUT2D eigenvalue weighted by Gasteiger charge is -2.19. The van der Waals surface area contributed by atoms with E-state index in [1.807, 2.05) is 39.0 Å². The van der Waals surface area contributed by atoms with Gasteiger partial charge in [0, 0.05) is 12.3 Å². The minimum absolute atomic E-state index is 0.158. The van der Waals surface area contributed by atoms with E-state index < -0.39 is 0 Å². The number of nitrogens with zero attached hydrogens (tertiary/aromatic N) is 1. The third-order valence-electron chi connectivity index (χ3n) is 1.05. The minimum Gasteiger partial charge on any atom is -0.472 e. The van der Waals surface area contributed by atoms with E-state index in [0.717, 1.165) is 0 Å². The Morgan fingerprint density at radius 1 is 1.27 bits per heavy atom. The van der Waals surface area contributed by atoms with Crippen molar-refractivity contribution in [3.63, 3.8) is 0 Å². The number of hydrogen-bond donors (Lipinski definition) is 0. The number of rotatable bonds is 1. The molecule has 0 spiro atoms. The van der Waals surface area contributed by atoms with Crippen molar-refractivity contribution >= 4 is 0 Å². The first kappa shape index (κ1) is 8.05. The average molecular weight is 151 g/mol. The van der Waals surface area contributed by atoms with Crippen LogP contribution >= 0.6 is 0 Å². The van der Waals surface area contributed by atoms with Gasteiger partial charge < -0.3 is 4.74 Å². The molecule has 0 aliphatic rings. The van der Waals surface area contributed by atoms with Gasteiger partial charge in [-0.25, -0.2) is 4.98 Å². The van der Waals surface area contributed by atoms with Crippen molar-refractivity contribution in [3.8, 4) is 5.88 Å². The molecule has 11 heavy (non-hydrogen) atoms. The predicted octanol–water partition coefficient (Wildman–Crippen LogP) is 2.26. The monoisotopic (exact) mass is 151 g/mol. The summed E-state index contributed by atoms with van der Waals surface area (Å²) in [6.45, 7) is 6.00. The summed E-state index contributed by atoms with van der Waals surface area (Å²) in [5.41, 5.74) is -0.158. The normalized spacial score (nSPS) is 11.2. The van der Waals surface area contributed by atoms with Gasteiger partial charge >= 0.3 is 0 Å². The first-order valence-electron chi connectivity index (χ1n) is 3.68. The number of pyridine rings is 1. The number of aromatic nitrogens is 1. The zero-order valence-corrected chi connectivity index (χ0v) is 7.16. The smallest absolute Gasteiger partial charge is 0.213 e. The Kier molecular flexibility index (Phi) is 2.13. The molecule has 0 bridgehead atoms. The second-order valence-electron chi connectivity index (χ2n) is 3.38. The highest BCUT2D eigenvalue weighted by molar-refractivity contribution is 5.10. The van der Waals surface area contributed by atoms with Crippen molar-refractivity contribution in [3.05, 3.63) is 24.4 Å². The summed E-state index contributed by atoms with van der Waals surface area (Å²) in [4.78, 5) is 4.04. The van der Waals surface area contributed by atoms with E-state index in [4.69, 9.17) is 4.74 Å². The Morgan fingerprint density at radius 2 is 2.00 bits per heavy atom. The summed E-state index contributed by atoms with van der Waals surface area (Å²) in [5.74, 6) is 0.681. The molecule has 0 saturated heterocycles. The topological polar surface area (TPSA) is 22.1 Å². The molecule has 1 aromatic heterocycles. The predicted molar refractivity (Wildman–Crippen MR) is 44.6 cm³/mol. The average Bonchev–Trinajstić information content (AvgIpc) is 1.85. The van der Waals surface area contributed by atoms with Crippen molar-refractivity contribution in [1.82, 2.24) is 4.98 Å². The first-order valence-corrected chi connectivity index (χ1v) is 3.68. The standard InChI is InChI=1S/C9H13NO/c1-9(2,3)11-8-6-4-5-7-10-8/h4-7H,1-3H3. The molecule has 0 aliphatic carbocycles. The Bertz CT molecular complexity index is 213. The lowest BCUT2D eigenvalue weighted by atomic mass is 10.2. The molecule has 0 amide bonds. The SMILES string of the molecule is CC(C)(C)Oc1ccccn1. The lowest BCUT2D eigenvalue weighted by molar-refractivity contribution is 0.124. The highest BCUT2D eigenvalue weighted by atomic mass is 16.5. The molecule has 2 nitrogen and oxygen atoms in total. The first-order chi connectivity index (χ1) is 5.08. The minimum atomic E-state index is -0.158. The van der Waals surface area contributed by atoms with Crippen LogP contribution in [0.25, 0.3) is 0 Å². The molecule has 0 radical (unpaired) electrons. The zero-order chi connectivity index (χ0) is 8.32. The van der Waals surface area contributed by atoms with Crippen LogP contribution < -0.4 is 4.74 Å². The van der Waals surface area contributed by atoms with Crippen molar-refractivity contribution in [2.24, 2.45) is 0 Å². The molecule has 0 atom stereocenters. The third-order valence-corrected chi connectivity index (χ3v) is 1.05. The van der Waals surface area contributed by atoms with Crippen LogP contribution in [0.4, 0.5) is 0 Å². The van der Waals surface area contributed by atoms with Gasteiger partial charge in [-0.15, -0.1) is 0 Å². The third kappa shape index (κ3) is 3.03. The van der Waals surface area contributed by atoms with Gasteiger partial charge in [-0.05, 0) is 26.8 Å². The maximum Gasteiger partial charge on any atom is 0.213 e. The summed E-state index contributed by atoms with van der Waals surface area (Å²) in [7, 11) is 0. The maximum atomic E-state index is 5.49. The van der Waals surface area contributed by atoms with Gasteiger partial charge in [0.25, 0.3) is 0 Å². The molecule has 1 aromatic rings. The van der Waals surface area contributed by atoms with E-state index in [2.05, 4.69) is 4.98 Å². The van der Waals surface area contributed by atoms with Gasteiger partial charge in [0.2, 0.25) is 5.88 Å². The molecular formula is C9H13NO. The second kappa shape index (κ2) is 2.91. The van der Waals surface area contributed by atoms with E-state index in [0.29, 0.717) is 5.88 Å². The van der Waals surface area contributed by atoms with Crippen molar-refractivity contribution in [2.45, 2.75) is 26.4 Å². The summed E-state index contributed by atoms with van der Waals surface area (Å²) in [6, 6.07) is 5.63. The highest BCUT2D eigenvalue weighted by Gasteiger charge is 2.11. The van der Waals surface area contributed by atoms with Gasteiger partial charge in [0.1, 0.15) is 5.60 Å². The Labute approximate surface area is 67.2 Å². The molecule has 60 valence electrons. The number of ether oxygens (including phenoxy) is 1. The van der Waals surface area contributed by atoms with Crippen LogP contribution in [-0.2, 0) is 0 Å². The van der Waals surface area contributed by atoms with Crippen molar-refractivity contribution < 1.29 is 4.74 Å². The molecule has 0 aliphatic heterocycles. The number of hydrogen-bond acceptors (Lipinski definition) is 2. The van der Waals surface area contributed by atoms with Gasteiger partial charge in [0.15, 0.2) is 0 Å². The van der Waals surface area contributed by atoms with Crippen LogP contribution in [0.3, 0.4) is 0 Å². The van der Waals surface area contributed by atoms with Crippen LogP contribution in [0, 0.1) is 0 Å². The Balaban J connectivity index is 2.66. The molecule has 1 heterocycles. The van der Waals surface area contributed by atoms with Crippen LogP contribution in [0.2, 0.25) is 0 Å². The van der Waals surface area contributed by atoms with Crippen molar-refractivity contribution in [2.75, 3.05) is 0 Å². The molecule has 0 saturated carbocycles. The summed E-state index contributed by atoms with van der Waals surface area (Å²) < 4.78 is 5.49. The summed E-state index contributed by atoms with van der Waals surface area (Å²) in [5, 5.41) is 0. The molecule has 1 rings (SSSR count). The largest absolute Gasteiger partial charge is 0.472 e. The van der Waals surface area contributed by atoms with Crippen LogP contribution in [0.1, 0.15) is 20.8 Å². The molecule has 0 unspecified atom stereocenters. The lowest BCUT2D eigenvalue weighted by Crippen LogP contribution is -2.23. The Hall–Kier alpha value is -1.05. The van der Waals surface area contributed by atoms with E-state index in [1.54, 1.807) is 6.20 Å². The maximum absolute atomic E-state index is 5.49. The van der Waals surface area contributed by atoms with Gasteiger partial charge in [-0.1, -0.05) is 6.07 Å². The van der Waals surface area contributed by atoms with Gasteiger partial charge in [-0.2, -0.15) is 0 Å². The molecule has 0 aromatic carbocycles. The molecule has 2 heteroatoms. The van der Waals surface area contributed by atoms with E-state index in [-0.39, 0.29) is 5.60 Å². The zero-order valence-electron chi connectivity index (χ0n) is 7.16. The van der Waals surface area contributed by atoms with E-state index in [1.165, 1.54) is 0 Å². The van der Waals surface area contributed by atoms with Crippen LogP contribution in [0.15, 0.2) is 24.4 Å². The molecule has 0 N–H and O–H groups in total. The molecular weight excluding hydrogens is 138 g/mol. The second-order valence-corrected chi connectivity index (χ2v) is 3.38. The highest BCUT2D eigenvalue weighted by Crippen LogP contribution is 2.13. The van der Waals surface area contributed by atoms with Gasteiger partial charge in [0.05, 0.1) is 0 Å². The van der Waals surface area contributed by atoms with E-state index in [9.17, 15) is 0 Å². The van der Waals surface area contributed by atoms with Crippen LogP contribution in [0.5, 0.6) is 5.88 Å².